The molecule has 0 atom stereocenters. The topological polar surface area (TPSA) is 175 Å². The number of aliphatic imine (C=N–C) groups is 1. The molecule has 0 aliphatic heterocycles. The summed E-state index contributed by atoms with van der Waals surface area (Å²) < 4.78 is 96.1. The van der Waals surface area contributed by atoms with Crippen molar-refractivity contribution in [1.82, 2.24) is 0 Å². The maximum Gasteiger partial charge on any atom is 1.00 e. The van der Waals surface area contributed by atoms with Crippen LogP contribution in [-0.4, -0.2) is 44.1 Å². The van der Waals surface area contributed by atoms with E-state index in [2.05, 4.69) is 17.2 Å². The van der Waals surface area contributed by atoms with Crippen LogP contribution in [0.3, 0.4) is 0 Å². The van der Waals surface area contributed by atoms with Crippen LogP contribution in [0.25, 0.3) is 10.8 Å². The second-order valence-electron chi connectivity index (χ2n) is 4.59. The standard InChI is InChI=1S/C11H7NO9S4.3Na.3H/c13-23(14,15)7-1-6-2-8(24(16,17)18)4-10(25(19,20)21)11(6)9(3-7)12-5-22;;;;;;/h1-4H,(H,13,14,15)(H,16,17,18)(H,19,20,21);;;;;;/q;3*+1;3*-1. The molecule has 0 aliphatic carbocycles. The fourth-order valence-corrected chi connectivity index (χ4v) is 4.05. The van der Waals surface area contributed by atoms with Gasteiger partial charge in [0, 0.05) is 5.39 Å². The van der Waals surface area contributed by atoms with Crippen molar-refractivity contribution in [2.45, 2.75) is 14.7 Å². The Morgan fingerprint density at radius 2 is 1.21 bits per heavy atom. The first-order chi connectivity index (χ1) is 11.2. The van der Waals surface area contributed by atoms with Gasteiger partial charge in [-0.15, -0.1) is 0 Å². The number of rotatable bonds is 4. The quantitative estimate of drug-likeness (QED) is 0.159. The van der Waals surface area contributed by atoms with Crippen LogP contribution in [0, 0.1) is 0 Å². The van der Waals surface area contributed by atoms with E-state index in [0.717, 1.165) is 18.2 Å². The molecule has 0 radical (unpaired) electrons. The van der Waals surface area contributed by atoms with E-state index in [1.54, 1.807) is 0 Å². The van der Waals surface area contributed by atoms with E-state index in [-0.39, 0.29) is 104 Å². The Hall–Kier alpha value is 1.23. The average molecular weight is 497 g/mol. The summed E-state index contributed by atoms with van der Waals surface area (Å²) in [5.41, 5.74) is -0.422. The fraction of sp³-hybridized carbons (Fsp3) is 0. The van der Waals surface area contributed by atoms with Crippen molar-refractivity contribution < 1.29 is 132 Å². The second-order valence-corrected chi connectivity index (χ2v) is 9.01. The molecule has 0 saturated carbocycles. The van der Waals surface area contributed by atoms with Crippen molar-refractivity contribution in [2.75, 3.05) is 0 Å². The van der Waals surface area contributed by atoms with E-state index in [0.29, 0.717) is 6.07 Å². The first-order valence-electron chi connectivity index (χ1n) is 5.87. The minimum Gasteiger partial charge on any atom is -1.00 e. The maximum absolute atomic E-state index is 11.6. The molecule has 0 bridgehead atoms. The minimum absolute atomic E-state index is 0. The number of hydrogen-bond donors (Lipinski definition) is 3. The van der Waals surface area contributed by atoms with Gasteiger partial charge in [-0.3, -0.25) is 13.7 Å². The molecule has 0 fully saturated rings. The molecule has 10 nitrogen and oxygen atoms in total. The van der Waals surface area contributed by atoms with Gasteiger partial charge in [0.2, 0.25) is 0 Å². The first kappa shape index (κ1) is 31.4. The Morgan fingerprint density at radius 1 is 0.786 bits per heavy atom. The van der Waals surface area contributed by atoms with Crippen LogP contribution in [0.5, 0.6) is 0 Å². The van der Waals surface area contributed by atoms with Crippen molar-refractivity contribution in [2.24, 2.45) is 4.99 Å². The molecule has 0 amide bonds. The molecule has 0 saturated heterocycles. The van der Waals surface area contributed by atoms with Crippen molar-refractivity contribution in [1.29, 1.82) is 0 Å². The van der Waals surface area contributed by atoms with Crippen LogP contribution in [-0.2, 0) is 30.4 Å². The van der Waals surface area contributed by atoms with Crippen LogP contribution in [0.1, 0.15) is 4.28 Å². The van der Waals surface area contributed by atoms with Gasteiger partial charge in [-0.2, -0.15) is 30.2 Å². The van der Waals surface area contributed by atoms with E-state index in [4.69, 9.17) is 9.11 Å². The third-order valence-electron chi connectivity index (χ3n) is 2.98. The molecule has 0 unspecified atom stereocenters. The molecular weight excluding hydrogens is 487 g/mol. The van der Waals surface area contributed by atoms with E-state index in [9.17, 15) is 29.8 Å². The van der Waals surface area contributed by atoms with Crippen molar-refractivity contribution in [3.8, 4) is 0 Å². The van der Waals surface area contributed by atoms with Gasteiger partial charge in [-0.1, -0.05) is 0 Å². The molecule has 0 spiro atoms. The Kier molecular flexibility index (Phi) is 12.6. The number of isothiocyanates is 1. The molecule has 28 heavy (non-hydrogen) atoms. The summed E-state index contributed by atoms with van der Waals surface area (Å²) in [6.07, 6.45) is 0. The van der Waals surface area contributed by atoms with Gasteiger partial charge in [-0.25, -0.2) is 0 Å². The van der Waals surface area contributed by atoms with E-state index < -0.39 is 50.7 Å². The normalized spacial score (nSPS) is 11.4. The summed E-state index contributed by atoms with van der Waals surface area (Å²) >= 11 is 4.38. The summed E-state index contributed by atoms with van der Waals surface area (Å²) in [7, 11) is -14.7. The third-order valence-corrected chi connectivity index (χ3v) is 5.61. The Labute approximate surface area is 236 Å². The number of thiocarbonyl (C=S) groups is 1. The second kappa shape index (κ2) is 11.2. The van der Waals surface area contributed by atoms with Crippen molar-refractivity contribution in [3.63, 3.8) is 0 Å². The van der Waals surface area contributed by atoms with E-state index in [1.807, 2.05) is 5.16 Å². The summed E-state index contributed by atoms with van der Waals surface area (Å²) in [6.45, 7) is 0. The van der Waals surface area contributed by atoms with Crippen molar-refractivity contribution in [3.05, 3.63) is 24.3 Å². The molecule has 0 aromatic heterocycles. The Morgan fingerprint density at radius 3 is 1.57 bits per heavy atom. The smallest absolute Gasteiger partial charge is 1.00 e. The van der Waals surface area contributed by atoms with Gasteiger partial charge in [-0.05, 0) is 41.9 Å². The van der Waals surface area contributed by atoms with Crippen LogP contribution in [0.15, 0.2) is 43.9 Å². The molecular formula is C11H10NNa3O9S4. The maximum atomic E-state index is 11.6. The van der Waals surface area contributed by atoms with Gasteiger partial charge in [0.1, 0.15) is 4.90 Å². The molecule has 2 aromatic rings. The predicted molar refractivity (Wildman–Crippen MR) is 91.4 cm³/mol. The fourth-order valence-electron chi connectivity index (χ4n) is 2.04. The molecule has 17 heteroatoms. The Balaban J connectivity index is -0.000000376. The van der Waals surface area contributed by atoms with Gasteiger partial charge < -0.3 is 4.28 Å². The average Bonchev–Trinajstić information content (AvgIpc) is 2.43. The predicted octanol–water partition coefficient (Wildman–Crippen LogP) is -7.34. The molecule has 140 valence electrons. The molecule has 3 N–H and O–H groups in total. The number of benzene rings is 2. The summed E-state index contributed by atoms with van der Waals surface area (Å²) in [5.74, 6) is 0. The molecule has 0 aliphatic rings. The number of hydrogen-bond acceptors (Lipinski definition) is 8. The monoisotopic (exact) mass is 497 g/mol. The first-order valence-corrected chi connectivity index (χ1v) is 10.6. The van der Waals surface area contributed by atoms with Crippen LogP contribution < -0.4 is 88.7 Å². The third kappa shape index (κ3) is 7.43. The zero-order valence-electron chi connectivity index (χ0n) is 17.7. The summed E-state index contributed by atoms with van der Waals surface area (Å²) in [6, 6.07) is 2.67. The summed E-state index contributed by atoms with van der Waals surface area (Å²) in [5, 5.41) is 1.10. The largest absolute Gasteiger partial charge is 1.00 e. The zero-order chi connectivity index (χ0) is 19.2. The number of nitrogens with zero attached hydrogens (tertiary/aromatic N) is 1. The van der Waals surface area contributed by atoms with Gasteiger partial charge in [0.25, 0.3) is 30.4 Å². The summed E-state index contributed by atoms with van der Waals surface area (Å²) in [4.78, 5) is 0.823. The SMILES string of the molecule is O=S(=O)(O)c1cc(N=C=S)c2c(S(=O)(=O)O)cc(S(=O)(=O)O)cc2c1.[H-].[H-].[H-].[Na+].[Na+].[Na+]. The van der Waals surface area contributed by atoms with Crippen LogP contribution >= 0.6 is 12.2 Å². The number of fused-ring (bicyclic) bond motifs is 1. The molecule has 0 heterocycles. The molecule has 2 rings (SSSR count). The van der Waals surface area contributed by atoms with Crippen LogP contribution in [0.2, 0.25) is 0 Å². The molecule has 2 aromatic carbocycles. The zero-order valence-corrected chi connectivity index (χ0v) is 23.9. The van der Waals surface area contributed by atoms with Gasteiger partial charge in [0.15, 0.2) is 0 Å². The van der Waals surface area contributed by atoms with Crippen molar-refractivity contribution >= 4 is 64.2 Å². The van der Waals surface area contributed by atoms with Gasteiger partial charge in [0.05, 0.1) is 20.6 Å². The Bertz CT molecular complexity index is 1280. The van der Waals surface area contributed by atoms with Crippen LogP contribution in [0.4, 0.5) is 5.69 Å². The van der Waals surface area contributed by atoms with E-state index >= 15 is 0 Å². The minimum atomic E-state index is -5.01. The van der Waals surface area contributed by atoms with E-state index in [1.165, 1.54) is 0 Å². The van der Waals surface area contributed by atoms with Gasteiger partial charge >= 0.3 is 88.7 Å².